The van der Waals surface area contributed by atoms with Gasteiger partial charge in [-0.15, -0.1) is 0 Å². The number of carbonyl (C=O) groups is 2. The molecular formula is C27H30F2N4O4. The van der Waals surface area contributed by atoms with Crippen molar-refractivity contribution in [2.75, 3.05) is 0 Å². The third kappa shape index (κ3) is 6.64. The Hall–Kier alpha value is -3.50. The predicted molar refractivity (Wildman–Crippen MR) is 133 cm³/mol. The highest BCUT2D eigenvalue weighted by Crippen LogP contribution is 2.40. The van der Waals surface area contributed by atoms with Crippen LogP contribution in [-0.4, -0.2) is 56.2 Å². The number of hydrogen-bond acceptors (Lipinski definition) is 6. The molecule has 2 aromatic carbocycles. The number of alkyl halides is 2. The zero-order valence-corrected chi connectivity index (χ0v) is 20.1. The molecule has 1 aliphatic rings. The van der Waals surface area contributed by atoms with Gasteiger partial charge in [0.1, 0.15) is 5.69 Å². The van der Waals surface area contributed by atoms with E-state index in [1.54, 1.807) is 18.2 Å². The molecule has 0 bridgehead atoms. The molecule has 3 aromatic rings. The van der Waals surface area contributed by atoms with Crippen LogP contribution >= 0.6 is 0 Å². The Kier molecular flexibility index (Phi) is 8.09. The molecule has 196 valence electrons. The largest absolute Gasteiger partial charge is 0.393 e. The third-order valence-corrected chi connectivity index (χ3v) is 6.98. The number of nitrogens with two attached hydrogens (primary N) is 1. The number of rotatable bonds is 9. The molecule has 0 saturated heterocycles. The maximum Gasteiger partial charge on any atom is 0.271 e. The lowest BCUT2D eigenvalue weighted by molar-refractivity contribution is -0.137. The van der Waals surface area contributed by atoms with Gasteiger partial charge in [-0.2, -0.15) is 0 Å². The molecule has 1 aromatic heterocycles. The lowest BCUT2D eigenvalue weighted by atomic mass is 9.73. The highest BCUT2D eigenvalue weighted by molar-refractivity contribution is 5.94. The molecule has 1 fully saturated rings. The van der Waals surface area contributed by atoms with Crippen molar-refractivity contribution in [3.05, 3.63) is 72.1 Å². The second kappa shape index (κ2) is 11.3. The van der Waals surface area contributed by atoms with Crippen molar-refractivity contribution in [2.45, 2.75) is 56.3 Å². The van der Waals surface area contributed by atoms with Crippen LogP contribution in [0.2, 0.25) is 0 Å². The van der Waals surface area contributed by atoms with Crippen LogP contribution in [0.5, 0.6) is 0 Å². The Balaban J connectivity index is 1.54. The molecule has 2 unspecified atom stereocenters. The SMILES string of the molecule is NC(=O)[C@@H](C[C@H](O)[C@H](Cc1ccccc1)NC(=O)c1cnc2ccccc2n1)C1CCC(F)(F)CC1O. The molecule has 5 N–H and O–H groups in total. The molecule has 0 radical (unpaired) electrons. The zero-order chi connectivity index (χ0) is 26.6. The number of aliphatic hydroxyl groups is 2. The van der Waals surface area contributed by atoms with Crippen LogP contribution in [0.25, 0.3) is 11.0 Å². The standard InChI is InChI=1S/C27H30F2N4O4/c28-27(29)11-10-17(24(35)14-27)18(25(30)36)13-23(34)21(12-16-6-2-1-3-7-16)33-26(37)22-15-31-19-8-4-5-9-20(19)32-22/h1-9,15,17-18,21,23-24,34-35H,10-14H2,(H2,30,36)(H,33,37)/t17?,18-,21-,23-,24?/m0/s1. The van der Waals surface area contributed by atoms with Crippen molar-refractivity contribution < 1.29 is 28.6 Å². The minimum absolute atomic E-state index is 0.0559. The lowest BCUT2D eigenvalue weighted by Crippen LogP contribution is -2.49. The number of hydrogen-bond donors (Lipinski definition) is 4. The van der Waals surface area contributed by atoms with Gasteiger partial charge in [0.05, 0.1) is 35.5 Å². The summed E-state index contributed by atoms with van der Waals surface area (Å²) in [5.41, 5.74) is 7.63. The summed E-state index contributed by atoms with van der Waals surface area (Å²) in [5.74, 6) is -6.23. The van der Waals surface area contributed by atoms with Gasteiger partial charge >= 0.3 is 0 Å². The van der Waals surface area contributed by atoms with E-state index in [1.165, 1.54) is 6.20 Å². The van der Waals surface area contributed by atoms with Gasteiger partial charge in [-0.05, 0) is 42.9 Å². The van der Waals surface area contributed by atoms with Crippen molar-refractivity contribution in [1.82, 2.24) is 15.3 Å². The average Bonchev–Trinajstić information content (AvgIpc) is 2.87. The number of para-hydroxylation sites is 2. The van der Waals surface area contributed by atoms with Gasteiger partial charge < -0.3 is 21.3 Å². The van der Waals surface area contributed by atoms with E-state index in [2.05, 4.69) is 15.3 Å². The summed E-state index contributed by atoms with van der Waals surface area (Å²) in [6.45, 7) is 0. The highest BCUT2D eigenvalue weighted by atomic mass is 19.3. The minimum Gasteiger partial charge on any atom is -0.393 e. The quantitative estimate of drug-likeness (QED) is 0.348. The number of benzene rings is 2. The van der Waals surface area contributed by atoms with E-state index >= 15 is 0 Å². The fourth-order valence-electron chi connectivity index (χ4n) is 4.99. The van der Waals surface area contributed by atoms with Gasteiger partial charge in [0, 0.05) is 18.8 Å². The average molecular weight is 513 g/mol. The number of halogens is 2. The first-order valence-corrected chi connectivity index (χ1v) is 12.2. The molecule has 1 heterocycles. The Bertz CT molecular complexity index is 1240. The molecule has 4 rings (SSSR count). The van der Waals surface area contributed by atoms with Gasteiger partial charge in [0.25, 0.3) is 11.8 Å². The third-order valence-electron chi connectivity index (χ3n) is 6.98. The molecule has 0 aliphatic heterocycles. The van der Waals surface area contributed by atoms with Crippen molar-refractivity contribution in [3.8, 4) is 0 Å². The number of primary amides is 1. The van der Waals surface area contributed by atoms with E-state index in [0.29, 0.717) is 11.0 Å². The van der Waals surface area contributed by atoms with Crippen molar-refractivity contribution in [2.24, 2.45) is 17.6 Å². The second-order valence-electron chi connectivity index (χ2n) is 9.66. The van der Waals surface area contributed by atoms with E-state index in [9.17, 15) is 28.6 Å². The smallest absolute Gasteiger partial charge is 0.271 e. The summed E-state index contributed by atoms with van der Waals surface area (Å²) in [4.78, 5) is 34.0. The van der Waals surface area contributed by atoms with Crippen LogP contribution in [0, 0.1) is 11.8 Å². The molecular weight excluding hydrogens is 482 g/mol. The normalized spacial score (nSPS) is 21.6. The monoisotopic (exact) mass is 512 g/mol. The van der Waals surface area contributed by atoms with E-state index in [4.69, 9.17) is 5.73 Å². The fourth-order valence-corrected chi connectivity index (χ4v) is 4.99. The molecule has 1 aliphatic carbocycles. The summed E-state index contributed by atoms with van der Waals surface area (Å²) in [7, 11) is 0. The Labute approximate surface area is 212 Å². The highest BCUT2D eigenvalue weighted by Gasteiger charge is 2.45. The van der Waals surface area contributed by atoms with Gasteiger partial charge in [-0.25, -0.2) is 13.8 Å². The van der Waals surface area contributed by atoms with E-state index in [0.717, 1.165) is 5.56 Å². The van der Waals surface area contributed by atoms with Gasteiger partial charge in [0.15, 0.2) is 0 Å². The molecule has 10 heteroatoms. The second-order valence-corrected chi connectivity index (χ2v) is 9.66. The Morgan fingerprint density at radius 1 is 1.11 bits per heavy atom. The summed E-state index contributed by atoms with van der Waals surface area (Å²) in [5, 5.41) is 24.3. The maximum atomic E-state index is 13.7. The minimum atomic E-state index is -3.01. The molecule has 5 atom stereocenters. The van der Waals surface area contributed by atoms with Crippen LogP contribution in [0.3, 0.4) is 0 Å². The van der Waals surface area contributed by atoms with Crippen LogP contribution in [0.15, 0.2) is 60.8 Å². The first-order chi connectivity index (χ1) is 17.6. The van der Waals surface area contributed by atoms with Crippen molar-refractivity contribution >= 4 is 22.8 Å². The summed E-state index contributed by atoms with van der Waals surface area (Å²) >= 11 is 0. The molecule has 37 heavy (non-hydrogen) atoms. The molecule has 2 amide bonds. The number of aliphatic hydroxyl groups excluding tert-OH is 2. The number of amides is 2. The first kappa shape index (κ1) is 26.6. The Morgan fingerprint density at radius 2 is 1.78 bits per heavy atom. The number of fused-ring (bicyclic) bond motifs is 1. The number of nitrogens with zero attached hydrogens (tertiary/aromatic N) is 2. The van der Waals surface area contributed by atoms with Gasteiger partial charge in [-0.3, -0.25) is 14.6 Å². The fraction of sp³-hybridized carbons (Fsp3) is 0.407. The number of carbonyl (C=O) groups excluding carboxylic acids is 2. The van der Waals surface area contributed by atoms with Crippen molar-refractivity contribution in [3.63, 3.8) is 0 Å². The van der Waals surface area contributed by atoms with Crippen molar-refractivity contribution in [1.29, 1.82) is 0 Å². The summed E-state index contributed by atoms with van der Waals surface area (Å²) in [6.07, 6.45) is -2.66. The predicted octanol–water partition coefficient (Wildman–Crippen LogP) is 2.62. The maximum absolute atomic E-state index is 13.7. The van der Waals surface area contributed by atoms with Gasteiger partial charge in [0.2, 0.25) is 5.91 Å². The zero-order valence-electron chi connectivity index (χ0n) is 20.1. The van der Waals surface area contributed by atoms with Gasteiger partial charge in [-0.1, -0.05) is 42.5 Å². The molecule has 0 spiro atoms. The van der Waals surface area contributed by atoms with E-state index in [-0.39, 0.29) is 25.0 Å². The number of nitrogens with one attached hydrogen (secondary N) is 1. The first-order valence-electron chi connectivity index (χ1n) is 12.2. The summed E-state index contributed by atoms with van der Waals surface area (Å²) < 4.78 is 27.5. The molecule has 8 nitrogen and oxygen atoms in total. The van der Waals surface area contributed by atoms with E-state index < -0.39 is 60.7 Å². The van der Waals surface area contributed by atoms with E-state index in [1.807, 2.05) is 36.4 Å². The van der Waals surface area contributed by atoms with Crippen LogP contribution in [0.1, 0.15) is 41.7 Å². The van der Waals surface area contributed by atoms with Crippen LogP contribution < -0.4 is 11.1 Å². The summed E-state index contributed by atoms with van der Waals surface area (Å²) in [6, 6.07) is 15.4. The molecule has 1 saturated carbocycles. The van der Waals surface area contributed by atoms with Crippen LogP contribution in [-0.2, 0) is 11.2 Å². The number of aromatic nitrogens is 2. The lowest BCUT2D eigenvalue weighted by Gasteiger charge is -2.37. The Morgan fingerprint density at radius 3 is 2.46 bits per heavy atom. The van der Waals surface area contributed by atoms with Crippen LogP contribution in [0.4, 0.5) is 8.78 Å². The topological polar surface area (TPSA) is 138 Å².